The van der Waals surface area contributed by atoms with Crippen LogP contribution in [0, 0.1) is 5.92 Å². The van der Waals surface area contributed by atoms with Crippen molar-refractivity contribution in [1.82, 2.24) is 20.1 Å². The Morgan fingerprint density at radius 1 is 1.35 bits per heavy atom. The van der Waals surface area contributed by atoms with Gasteiger partial charge in [0.1, 0.15) is 6.33 Å². The van der Waals surface area contributed by atoms with Crippen LogP contribution in [0.3, 0.4) is 0 Å². The fourth-order valence-electron chi connectivity index (χ4n) is 2.80. The molecule has 0 saturated heterocycles. The van der Waals surface area contributed by atoms with Crippen LogP contribution in [0.1, 0.15) is 57.8 Å². The van der Waals surface area contributed by atoms with E-state index in [4.69, 9.17) is 0 Å². The molecular formula is C13H24N4. The Morgan fingerprint density at radius 3 is 2.94 bits per heavy atom. The van der Waals surface area contributed by atoms with Crippen LogP contribution in [0.25, 0.3) is 0 Å². The summed E-state index contributed by atoms with van der Waals surface area (Å²) in [5, 5.41) is 7.88. The van der Waals surface area contributed by atoms with Crippen molar-refractivity contribution in [2.45, 2.75) is 58.5 Å². The minimum absolute atomic E-state index is 0.580. The first kappa shape index (κ1) is 12.6. The van der Waals surface area contributed by atoms with Gasteiger partial charge in [-0.05, 0) is 25.3 Å². The molecule has 1 fully saturated rings. The molecule has 4 nitrogen and oxygen atoms in total. The molecule has 1 heterocycles. The van der Waals surface area contributed by atoms with E-state index < -0.39 is 0 Å². The third-order valence-corrected chi connectivity index (χ3v) is 3.82. The average molecular weight is 236 g/mol. The van der Waals surface area contributed by atoms with Gasteiger partial charge in [-0.1, -0.05) is 33.1 Å². The van der Waals surface area contributed by atoms with Gasteiger partial charge in [-0.2, -0.15) is 5.10 Å². The Labute approximate surface area is 104 Å². The predicted molar refractivity (Wildman–Crippen MR) is 68.7 cm³/mol. The van der Waals surface area contributed by atoms with Crippen molar-refractivity contribution < 1.29 is 0 Å². The second kappa shape index (κ2) is 6.15. The first-order valence-electron chi connectivity index (χ1n) is 6.95. The summed E-state index contributed by atoms with van der Waals surface area (Å²) in [6, 6.07) is 0.580. The first-order chi connectivity index (χ1) is 8.35. The van der Waals surface area contributed by atoms with Crippen molar-refractivity contribution >= 4 is 0 Å². The van der Waals surface area contributed by atoms with Gasteiger partial charge in [0.05, 0.1) is 12.6 Å². The monoisotopic (exact) mass is 236 g/mol. The van der Waals surface area contributed by atoms with E-state index in [0.29, 0.717) is 6.04 Å². The maximum absolute atomic E-state index is 4.61. The van der Waals surface area contributed by atoms with Gasteiger partial charge in [0, 0.05) is 0 Å². The molecule has 1 N–H and O–H groups in total. The Bertz CT molecular complexity index is 334. The molecule has 0 spiro atoms. The van der Waals surface area contributed by atoms with Gasteiger partial charge in [0.2, 0.25) is 0 Å². The van der Waals surface area contributed by atoms with Crippen LogP contribution >= 0.6 is 0 Å². The highest BCUT2D eigenvalue weighted by Gasteiger charge is 2.25. The molecule has 1 aliphatic rings. The van der Waals surface area contributed by atoms with Gasteiger partial charge in [-0.25, -0.2) is 9.67 Å². The lowest BCUT2D eigenvalue weighted by atomic mass is 9.83. The molecule has 1 aliphatic carbocycles. The number of aromatic nitrogens is 3. The number of rotatable bonds is 5. The predicted octanol–water partition coefficient (Wildman–Crippen LogP) is 2.53. The van der Waals surface area contributed by atoms with Crippen molar-refractivity contribution in [3.8, 4) is 0 Å². The summed E-state index contributed by atoms with van der Waals surface area (Å²) in [7, 11) is 0. The Hall–Kier alpha value is -0.900. The molecule has 1 aromatic rings. The zero-order valence-electron chi connectivity index (χ0n) is 11.0. The maximum Gasteiger partial charge on any atom is 0.164 e. The molecule has 1 saturated carbocycles. The summed E-state index contributed by atoms with van der Waals surface area (Å²) in [6.45, 7) is 6.15. The molecule has 0 aromatic carbocycles. The zero-order valence-corrected chi connectivity index (χ0v) is 11.0. The summed E-state index contributed by atoms with van der Waals surface area (Å²) in [5.41, 5.74) is 0. The van der Waals surface area contributed by atoms with Gasteiger partial charge in [-0.3, -0.25) is 0 Å². The second-order valence-corrected chi connectivity index (χ2v) is 4.94. The van der Waals surface area contributed by atoms with E-state index in [-0.39, 0.29) is 0 Å². The minimum Gasteiger partial charge on any atom is -0.310 e. The average Bonchev–Trinajstić information content (AvgIpc) is 2.85. The van der Waals surface area contributed by atoms with Crippen LogP contribution in [-0.2, 0) is 6.54 Å². The van der Waals surface area contributed by atoms with Crippen molar-refractivity contribution in [3.05, 3.63) is 12.2 Å². The first-order valence-corrected chi connectivity index (χ1v) is 6.95. The van der Waals surface area contributed by atoms with Gasteiger partial charge >= 0.3 is 0 Å². The molecule has 0 aliphatic heterocycles. The van der Waals surface area contributed by atoms with E-state index in [1.807, 2.05) is 6.33 Å². The quantitative estimate of drug-likeness (QED) is 0.854. The summed E-state index contributed by atoms with van der Waals surface area (Å²) in [5.74, 6) is 1.71. The highest BCUT2D eigenvalue weighted by molar-refractivity contribution is 4.86. The minimum atomic E-state index is 0.580. The Morgan fingerprint density at radius 2 is 2.18 bits per heavy atom. The van der Waals surface area contributed by atoms with Crippen molar-refractivity contribution in [2.75, 3.05) is 6.54 Å². The van der Waals surface area contributed by atoms with E-state index in [0.717, 1.165) is 24.8 Å². The molecule has 1 aromatic heterocycles. The number of hydrogen-bond acceptors (Lipinski definition) is 3. The fraction of sp³-hybridized carbons (Fsp3) is 0.846. The van der Waals surface area contributed by atoms with Gasteiger partial charge in [0.15, 0.2) is 5.82 Å². The van der Waals surface area contributed by atoms with E-state index in [9.17, 15) is 0 Å². The molecule has 2 atom stereocenters. The standard InChI is InChI=1S/C13H24N4/c1-3-11-7-5-6-8-12(11)17-10-15-13(16-17)9-14-4-2/h10-12,14H,3-9H2,1-2H3. The second-order valence-electron chi connectivity index (χ2n) is 4.94. The highest BCUT2D eigenvalue weighted by Crippen LogP contribution is 2.35. The lowest BCUT2D eigenvalue weighted by Crippen LogP contribution is -2.23. The SMILES string of the molecule is CCNCc1ncn(C2CCCCC2CC)n1. The molecule has 0 amide bonds. The van der Waals surface area contributed by atoms with Gasteiger partial charge in [0.25, 0.3) is 0 Å². The number of hydrogen-bond donors (Lipinski definition) is 1. The molecule has 17 heavy (non-hydrogen) atoms. The van der Waals surface area contributed by atoms with Crippen molar-refractivity contribution in [1.29, 1.82) is 0 Å². The smallest absolute Gasteiger partial charge is 0.164 e. The lowest BCUT2D eigenvalue weighted by molar-refractivity contribution is 0.216. The van der Waals surface area contributed by atoms with Crippen LogP contribution < -0.4 is 5.32 Å². The van der Waals surface area contributed by atoms with E-state index in [1.165, 1.54) is 32.1 Å². The molecule has 2 unspecified atom stereocenters. The Balaban J connectivity index is 2.02. The topological polar surface area (TPSA) is 42.7 Å². The molecule has 0 radical (unpaired) electrons. The largest absolute Gasteiger partial charge is 0.310 e. The molecule has 4 heteroatoms. The number of nitrogens with one attached hydrogen (secondary N) is 1. The van der Waals surface area contributed by atoms with Crippen molar-refractivity contribution in [3.63, 3.8) is 0 Å². The van der Waals surface area contributed by atoms with Crippen LogP contribution in [0.4, 0.5) is 0 Å². The Kier molecular flexibility index (Phi) is 4.54. The molecular weight excluding hydrogens is 212 g/mol. The summed E-state index contributed by atoms with van der Waals surface area (Å²) in [6.07, 6.45) is 8.52. The highest BCUT2D eigenvalue weighted by atomic mass is 15.4. The summed E-state index contributed by atoms with van der Waals surface area (Å²) in [4.78, 5) is 4.39. The van der Waals surface area contributed by atoms with E-state index in [2.05, 4.69) is 33.9 Å². The fourth-order valence-corrected chi connectivity index (χ4v) is 2.80. The molecule has 96 valence electrons. The van der Waals surface area contributed by atoms with Gasteiger partial charge < -0.3 is 5.32 Å². The summed E-state index contributed by atoms with van der Waals surface area (Å²) >= 11 is 0. The van der Waals surface area contributed by atoms with Crippen LogP contribution in [0.15, 0.2) is 6.33 Å². The maximum atomic E-state index is 4.61. The third kappa shape index (κ3) is 3.06. The van der Waals surface area contributed by atoms with E-state index >= 15 is 0 Å². The number of nitrogens with zero attached hydrogens (tertiary/aromatic N) is 3. The molecule has 2 rings (SSSR count). The van der Waals surface area contributed by atoms with E-state index in [1.54, 1.807) is 0 Å². The summed E-state index contributed by atoms with van der Waals surface area (Å²) < 4.78 is 2.11. The van der Waals surface area contributed by atoms with Crippen LogP contribution in [0.2, 0.25) is 0 Å². The van der Waals surface area contributed by atoms with Crippen molar-refractivity contribution in [2.24, 2.45) is 5.92 Å². The normalized spacial score (nSPS) is 25.1. The molecule has 0 bridgehead atoms. The van der Waals surface area contributed by atoms with Crippen LogP contribution in [-0.4, -0.2) is 21.3 Å². The van der Waals surface area contributed by atoms with Crippen LogP contribution in [0.5, 0.6) is 0 Å². The zero-order chi connectivity index (χ0) is 12.1. The lowest BCUT2D eigenvalue weighted by Gasteiger charge is -2.30. The van der Waals surface area contributed by atoms with Gasteiger partial charge in [-0.15, -0.1) is 0 Å². The third-order valence-electron chi connectivity index (χ3n) is 3.82.